The molecule has 2 aromatic carbocycles. The molecule has 0 radical (unpaired) electrons. The third-order valence-electron chi connectivity index (χ3n) is 3.51. The van der Waals surface area contributed by atoms with Crippen LogP contribution in [-0.2, 0) is 0 Å². The number of rotatable bonds is 2. The van der Waals surface area contributed by atoms with Crippen LogP contribution >= 0.6 is 12.2 Å². The molecule has 1 aliphatic rings. The van der Waals surface area contributed by atoms with E-state index in [-0.39, 0.29) is 6.10 Å². The predicted octanol–water partition coefficient (Wildman–Crippen LogP) is 3.44. The highest BCUT2D eigenvalue weighted by atomic mass is 32.1. The lowest BCUT2D eigenvalue weighted by atomic mass is 10.2. The minimum atomic E-state index is -0.317. The molecule has 5 nitrogen and oxygen atoms in total. The molecule has 1 atom stereocenters. The van der Waals surface area contributed by atoms with Gasteiger partial charge in [0.05, 0.1) is 0 Å². The van der Waals surface area contributed by atoms with Crippen LogP contribution in [0.4, 0.5) is 0 Å². The van der Waals surface area contributed by atoms with Crippen molar-refractivity contribution in [1.29, 1.82) is 0 Å². The van der Waals surface area contributed by atoms with Crippen LogP contribution in [0.2, 0.25) is 0 Å². The van der Waals surface area contributed by atoms with Gasteiger partial charge in [0.2, 0.25) is 0 Å². The van der Waals surface area contributed by atoms with Crippen LogP contribution in [0.1, 0.15) is 11.9 Å². The van der Waals surface area contributed by atoms with Crippen molar-refractivity contribution < 1.29 is 9.47 Å². The number of nitrogens with zero attached hydrogens (tertiary/aromatic N) is 2. The van der Waals surface area contributed by atoms with Crippen molar-refractivity contribution in [1.82, 2.24) is 14.8 Å². The largest absolute Gasteiger partial charge is 0.485 e. The highest BCUT2D eigenvalue weighted by molar-refractivity contribution is 7.71. The molecule has 2 heterocycles. The average molecular weight is 311 g/mol. The van der Waals surface area contributed by atoms with Crippen molar-refractivity contribution in [2.24, 2.45) is 0 Å². The highest BCUT2D eigenvalue weighted by Crippen LogP contribution is 2.35. The minimum absolute atomic E-state index is 0.317. The number of ether oxygens (including phenoxy) is 2. The highest BCUT2D eigenvalue weighted by Gasteiger charge is 2.27. The Morgan fingerprint density at radius 3 is 2.59 bits per heavy atom. The van der Waals surface area contributed by atoms with Gasteiger partial charge in [-0.2, -0.15) is 5.10 Å². The predicted molar refractivity (Wildman–Crippen MR) is 84.1 cm³/mol. The Balaban J connectivity index is 1.75. The molecule has 0 aliphatic carbocycles. The Morgan fingerprint density at radius 2 is 1.77 bits per heavy atom. The fraction of sp³-hybridized carbons (Fsp3) is 0.125. The third kappa shape index (κ3) is 2.17. The summed E-state index contributed by atoms with van der Waals surface area (Å²) in [5, 5.41) is 7.17. The van der Waals surface area contributed by atoms with E-state index in [1.165, 1.54) is 0 Å². The van der Waals surface area contributed by atoms with Gasteiger partial charge < -0.3 is 9.47 Å². The van der Waals surface area contributed by atoms with Crippen molar-refractivity contribution in [2.75, 3.05) is 6.61 Å². The minimum Gasteiger partial charge on any atom is -0.485 e. The topological polar surface area (TPSA) is 52.1 Å². The Labute approximate surface area is 132 Å². The van der Waals surface area contributed by atoms with Crippen molar-refractivity contribution in [2.45, 2.75) is 6.10 Å². The van der Waals surface area contributed by atoms with E-state index >= 15 is 0 Å². The van der Waals surface area contributed by atoms with E-state index in [9.17, 15) is 0 Å². The molecule has 0 fully saturated rings. The van der Waals surface area contributed by atoms with Crippen LogP contribution in [0.25, 0.3) is 5.69 Å². The molecule has 3 aromatic rings. The van der Waals surface area contributed by atoms with Crippen LogP contribution in [0, 0.1) is 4.77 Å². The number of aromatic amines is 1. The summed E-state index contributed by atoms with van der Waals surface area (Å²) in [5.41, 5.74) is 0.943. The Kier molecular flexibility index (Phi) is 3.16. The van der Waals surface area contributed by atoms with E-state index in [0.717, 1.165) is 11.4 Å². The number of hydrogen-bond acceptors (Lipinski definition) is 4. The quantitative estimate of drug-likeness (QED) is 0.737. The van der Waals surface area contributed by atoms with Crippen LogP contribution in [-0.4, -0.2) is 21.4 Å². The van der Waals surface area contributed by atoms with Crippen LogP contribution in [0.15, 0.2) is 54.6 Å². The second kappa shape index (κ2) is 5.31. The normalized spacial score (nSPS) is 16.5. The zero-order valence-corrected chi connectivity index (χ0v) is 12.4. The van der Waals surface area contributed by atoms with Gasteiger partial charge in [-0.3, -0.25) is 9.67 Å². The number of fused-ring (bicyclic) bond motifs is 1. The van der Waals surface area contributed by atoms with E-state index in [1.54, 1.807) is 0 Å². The maximum absolute atomic E-state index is 6.02. The Hall–Kier alpha value is -2.60. The summed E-state index contributed by atoms with van der Waals surface area (Å²) in [6.45, 7) is 0.392. The van der Waals surface area contributed by atoms with E-state index in [0.29, 0.717) is 23.0 Å². The summed E-state index contributed by atoms with van der Waals surface area (Å²) in [7, 11) is 0. The van der Waals surface area contributed by atoms with Crippen molar-refractivity contribution >= 4 is 12.2 Å². The van der Waals surface area contributed by atoms with Crippen LogP contribution < -0.4 is 9.47 Å². The summed E-state index contributed by atoms with van der Waals surface area (Å²) in [6.07, 6.45) is -0.317. The number of H-pyrrole nitrogens is 1. The molecule has 0 bridgehead atoms. The maximum atomic E-state index is 6.02. The fourth-order valence-corrected chi connectivity index (χ4v) is 2.74. The molecule has 22 heavy (non-hydrogen) atoms. The maximum Gasteiger partial charge on any atom is 0.199 e. The van der Waals surface area contributed by atoms with Gasteiger partial charge in [-0.1, -0.05) is 30.3 Å². The molecule has 0 spiro atoms. The van der Waals surface area contributed by atoms with E-state index in [4.69, 9.17) is 21.7 Å². The molecule has 110 valence electrons. The molecular formula is C16H13N3O2S. The Bertz CT molecular complexity index is 857. The zero-order valence-electron chi connectivity index (χ0n) is 11.6. The van der Waals surface area contributed by atoms with E-state index < -0.39 is 0 Å². The fourth-order valence-electron chi connectivity index (χ4n) is 2.50. The summed E-state index contributed by atoms with van der Waals surface area (Å²) in [5.74, 6) is 2.16. The van der Waals surface area contributed by atoms with Gasteiger partial charge >= 0.3 is 0 Å². The zero-order chi connectivity index (χ0) is 14.9. The number of nitrogens with one attached hydrogen (secondary N) is 1. The molecule has 4 rings (SSSR count). The molecule has 0 unspecified atom stereocenters. The molecular weight excluding hydrogens is 298 g/mol. The molecule has 1 N–H and O–H groups in total. The van der Waals surface area contributed by atoms with Gasteiger partial charge in [0.25, 0.3) is 0 Å². The molecule has 1 aromatic heterocycles. The Morgan fingerprint density at radius 1 is 1.05 bits per heavy atom. The van der Waals surface area contributed by atoms with Gasteiger partial charge in [-0.05, 0) is 36.5 Å². The summed E-state index contributed by atoms with van der Waals surface area (Å²) >= 11 is 5.35. The van der Waals surface area contributed by atoms with Crippen molar-refractivity contribution in [3.8, 4) is 17.2 Å². The SMILES string of the molecule is S=c1[nH]nc([C@@H]2COc3ccccc3O2)n1-c1ccccc1. The first-order valence-electron chi connectivity index (χ1n) is 6.94. The first-order valence-corrected chi connectivity index (χ1v) is 7.35. The van der Waals surface area contributed by atoms with Crippen LogP contribution in [0.5, 0.6) is 11.5 Å². The average Bonchev–Trinajstić information content (AvgIpc) is 2.97. The summed E-state index contributed by atoms with van der Waals surface area (Å²) in [4.78, 5) is 0. The van der Waals surface area contributed by atoms with Gasteiger partial charge in [0.15, 0.2) is 28.2 Å². The standard InChI is InChI=1S/C16H13N3O2S/c22-16-18-17-15(19(16)11-6-2-1-3-7-11)14-10-20-12-8-4-5-9-13(12)21-14/h1-9,14H,10H2,(H,18,22)/t14-/m0/s1. The number of benzene rings is 2. The monoisotopic (exact) mass is 311 g/mol. The number of para-hydroxylation sites is 3. The van der Waals surface area contributed by atoms with Gasteiger partial charge in [-0.25, -0.2) is 0 Å². The van der Waals surface area contributed by atoms with Gasteiger partial charge in [0, 0.05) is 5.69 Å². The van der Waals surface area contributed by atoms with E-state index in [2.05, 4.69) is 10.2 Å². The molecule has 0 saturated carbocycles. The lowest BCUT2D eigenvalue weighted by molar-refractivity contribution is 0.0837. The number of hydrogen-bond donors (Lipinski definition) is 1. The first-order chi connectivity index (χ1) is 10.8. The van der Waals surface area contributed by atoms with Gasteiger partial charge in [-0.15, -0.1) is 0 Å². The van der Waals surface area contributed by atoms with Crippen molar-refractivity contribution in [3.63, 3.8) is 0 Å². The summed E-state index contributed by atoms with van der Waals surface area (Å²) in [6, 6.07) is 17.4. The van der Waals surface area contributed by atoms with Gasteiger partial charge in [0.1, 0.15) is 6.61 Å². The van der Waals surface area contributed by atoms with E-state index in [1.807, 2.05) is 59.2 Å². The lowest BCUT2D eigenvalue weighted by Gasteiger charge is -2.26. The second-order valence-electron chi connectivity index (χ2n) is 4.92. The first kappa shape index (κ1) is 13.1. The number of aromatic nitrogens is 3. The molecule has 0 saturated heterocycles. The third-order valence-corrected chi connectivity index (χ3v) is 3.78. The smallest absolute Gasteiger partial charge is 0.199 e. The van der Waals surface area contributed by atoms with Crippen LogP contribution in [0.3, 0.4) is 0 Å². The lowest BCUT2D eigenvalue weighted by Crippen LogP contribution is -2.24. The molecule has 1 aliphatic heterocycles. The second-order valence-corrected chi connectivity index (χ2v) is 5.31. The summed E-state index contributed by atoms with van der Waals surface area (Å²) < 4.78 is 14.2. The molecule has 6 heteroatoms. The van der Waals surface area contributed by atoms with Crippen molar-refractivity contribution in [3.05, 3.63) is 65.2 Å². The molecule has 0 amide bonds.